The highest BCUT2D eigenvalue weighted by Gasteiger charge is 2.06. The van der Waals surface area contributed by atoms with Gasteiger partial charge in [0.05, 0.1) is 15.8 Å². The number of carbonyl (C=O) groups is 1. The molecule has 1 aromatic heterocycles. The average Bonchev–Trinajstić information content (AvgIpc) is 2.63. The molecule has 0 atom stereocenters. The summed E-state index contributed by atoms with van der Waals surface area (Å²) in [5.74, 6) is -0.564. The first-order valence-corrected chi connectivity index (χ1v) is 7.24. The van der Waals surface area contributed by atoms with Crippen molar-refractivity contribution in [2.24, 2.45) is 0 Å². The van der Waals surface area contributed by atoms with Gasteiger partial charge in [0.2, 0.25) is 0 Å². The number of amides is 1. The van der Waals surface area contributed by atoms with Crippen LogP contribution in [0.25, 0.3) is 17.0 Å². The van der Waals surface area contributed by atoms with E-state index in [1.54, 1.807) is 30.3 Å². The van der Waals surface area contributed by atoms with E-state index in [1.807, 2.05) is 0 Å². The molecule has 2 aromatic carbocycles. The molecule has 0 aliphatic rings. The normalized spacial score (nSPS) is 10.9. The first kappa shape index (κ1) is 16.1. The van der Waals surface area contributed by atoms with Crippen LogP contribution in [0.5, 0.6) is 0 Å². The van der Waals surface area contributed by atoms with Gasteiger partial charge in [0.25, 0.3) is 17.2 Å². The summed E-state index contributed by atoms with van der Waals surface area (Å²) in [5.41, 5.74) is 2.95. The van der Waals surface area contributed by atoms with E-state index in [0.29, 0.717) is 16.5 Å². The van der Waals surface area contributed by atoms with Crippen LogP contribution in [0.1, 0.15) is 5.56 Å². The van der Waals surface area contributed by atoms with E-state index in [2.05, 4.69) is 10.4 Å². The number of benzene rings is 2. The van der Waals surface area contributed by atoms with Crippen LogP contribution in [0, 0.1) is 10.1 Å². The van der Waals surface area contributed by atoms with Gasteiger partial charge >= 0.3 is 0 Å². The number of nitrogens with zero attached hydrogens (tertiary/aromatic N) is 3. The fourth-order valence-electron chi connectivity index (χ4n) is 2.22. The zero-order valence-electron chi connectivity index (χ0n) is 12.8. The van der Waals surface area contributed by atoms with Crippen molar-refractivity contribution in [2.75, 3.05) is 5.43 Å². The molecule has 0 fully saturated rings. The molecule has 1 heterocycles. The molecule has 0 aliphatic heterocycles. The molecule has 0 aliphatic carbocycles. The van der Waals surface area contributed by atoms with E-state index in [-0.39, 0.29) is 5.69 Å². The first-order chi connectivity index (χ1) is 12.0. The van der Waals surface area contributed by atoms with Gasteiger partial charge in [-0.05, 0) is 23.8 Å². The van der Waals surface area contributed by atoms with E-state index < -0.39 is 16.4 Å². The lowest BCUT2D eigenvalue weighted by atomic mass is 10.2. The third kappa shape index (κ3) is 3.58. The second kappa shape index (κ2) is 6.75. The van der Waals surface area contributed by atoms with Gasteiger partial charge in [-0.15, -0.1) is 0 Å². The van der Waals surface area contributed by atoms with Crippen LogP contribution in [0.2, 0.25) is 0 Å². The Hall–Kier alpha value is -3.81. The summed E-state index contributed by atoms with van der Waals surface area (Å²) in [6, 6.07) is 12.6. The number of hydrogen-bond acceptors (Lipinski definition) is 5. The number of aromatic nitrogens is 2. The van der Waals surface area contributed by atoms with Gasteiger partial charge in [0, 0.05) is 18.2 Å². The van der Waals surface area contributed by atoms with Crippen LogP contribution < -0.4 is 11.0 Å². The monoisotopic (exact) mass is 336 g/mol. The number of nitrogens with one attached hydrogen (secondary N) is 1. The van der Waals surface area contributed by atoms with Gasteiger partial charge in [-0.25, -0.2) is 9.66 Å². The first-order valence-electron chi connectivity index (χ1n) is 7.24. The number of nitro groups is 1. The Bertz CT molecular complexity index is 1060. The minimum atomic E-state index is -0.564. The molecule has 25 heavy (non-hydrogen) atoms. The topological polar surface area (TPSA) is 107 Å². The number of hydrogen-bond donors (Lipinski definition) is 1. The van der Waals surface area contributed by atoms with Crippen molar-refractivity contribution in [3.63, 3.8) is 0 Å². The van der Waals surface area contributed by atoms with Crippen molar-refractivity contribution in [3.05, 3.63) is 87.0 Å². The van der Waals surface area contributed by atoms with Crippen molar-refractivity contribution < 1.29 is 9.72 Å². The molecule has 0 unspecified atom stereocenters. The van der Waals surface area contributed by atoms with Crippen molar-refractivity contribution >= 4 is 28.6 Å². The van der Waals surface area contributed by atoms with Crippen molar-refractivity contribution in [3.8, 4) is 0 Å². The fraction of sp³-hybridized carbons (Fsp3) is 0. The quantitative estimate of drug-likeness (QED) is 0.446. The lowest BCUT2D eigenvalue weighted by Crippen LogP contribution is -2.32. The summed E-state index contributed by atoms with van der Waals surface area (Å²) in [5, 5.41) is 11.1. The van der Waals surface area contributed by atoms with Crippen LogP contribution in [0.4, 0.5) is 5.69 Å². The van der Waals surface area contributed by atoms with E-state index in [1.165, 1.54) is 36.7 Å². The number of para-hydroxylation sites is 1. The summed E-state index contributed by atoms with van der Waals surface area (Å²) >= 11 is 0. The summed E-state index contributed by atoms with van der Waals surface area (Å²) in [6.07, 6.45) is 3.83. The van der Waals surface area contributed by atoms with Crippen molar-refractivity contribution in [1.82, 2.24) is 9.66 Å². The van der Waals surface area contributed by atoms with Gasteiger partial charge < -0.3 is 0 Å². The maximum atomic E-state index is 12.3. The highest BCUT2D eigenvalue weighted by Crippen LogP contribution is 2.14. The molecule has 8 nitrogen and oxygen atoms in total. The fourth-order valence-corrected chi connectivity index (χ4v) is 2.22. The highest BCUT2D eigenvalue weighted by molar-refractivity contribution is 5.97. The molecule has 0 bridgehead atoms. The van der Waals surface area contributed by atoms with Crippen molar-refractivity contribution in [1.29, 1.82) is 0 Å². The molecule has 3 rings (SSSR count). The van der Waals surface area contributed by atoms with Gasteiger partial charge in [-0.2, -0.15) is 0 Å². The Morgan fingerprint density at radius 3 is 2.80 bits per heavy atom. The van der Waals surface area contributed by atoms with Crippen LogP contribution in [-0.4, -0.2) is 20.5 Å². The molecule has 0 spiro atoms. The molecule has 1 amide bonds. The predicted molar refractivity (Wildman–Crippen MR) is 92.5 cm³/mol. The second-order valence-electron chi connectivity index (χ2n) is 5.10. The van der Waals surface area contributed by atoms with Crippen LogP contribution in [0.15, 0.2) is 65.7 Å². The van der Waals surface area contributed by atoms with Crippen LogP contribution in [0.3, 0.4) is 0 Å². The second-order valence-corrected chi connectivity index (χ2v) is 5.10. The molecule has 3 aromatic rings. The summed E-state index contributed by atoms with van der Waals surface area (Å²) in [6.45, 7) is 0. The number of rotatable bonds is 4. The van der Waals surface area contributed by atoms with Gasteiger partial charge in [-0.3, -0.25) is 25.1 Å². The van der Waals surface area contributed by atoms with E-state index in [0.717, 1.165) is 4.68 Å². The molecule has 8 heteroatoms. The van der Waals surface area contributed by atoms with Crippen LogP contribution in [-0.2, 0) is 4.79 Å². The minimum absolute atomic E-state index is 0.0718. The molecule has 0 saturated heterocycles. The zero-order valence-corrected chi connectivity index (χ0v) is 12.8. The van der Waals surface area contributed by atoms with Crippen molar-refractivity contribution in [2.45, 2.75) is 0 Å². The van der Waals surface area contributed by atoms with Crippen LogP contribution >= 0.6 is 0 Å². The maximum absolute atomic E-state index is 12.3. The molecule has 1 N–H and O–H groups in total. The summed E-state index contributed by atoms with van der Waals surface area (Å²) in [7, 11) is 0. The van der Waals surface area contributed by atoms with Gasteiger partial charge in [-0.1, -0.05) is 24.3 Å². The largest absolute Gasteiger partial charge is 0.280 e. The number of fused-ring (bicyclic) bond motifs is 1. The van der Waals surface area contributed by atoms with E-state index in [4.69, 9.17) is 0 Å². The predicted octanol–water partition coefficient (Wildman–Crippen LogP) is 2.09. The molecule has 124 valence electrons. The minimum Gasteiger partial charge on any atom is -0.268 e. The standard InChI is InChI=1S/C17H12N4O4/c22-16(9-8-12-4-3-5-13(10-12)21(24)25)19-20-11-18-15-7-2-1-6-14(15)17(20)23/h1-11H,(H,19,22)/b9-8+. The third-order valence-corrected chi connectivity index (χ3v) is 3.40. The third-order valence-electron chi connectivity index (χ3n) is 3.40. The maximum Gasteiger partial charge on any atom is 0.280 e. The van der Waals surface area contributed by atoms with Gasteiger partial charge in [0.15, 0.2) is 0 Å². The Morgan fingerprint density at radius 1 is 1.20 bits per heavy atom. The average molecular weight is 336 g/mol. The molecule has 0 saturated carbocycles. The molecule has 0 radical (unpaired) electrons. The lowest BCUT2D eigenvalue weighted by Gasteiger charge is -2.06. The number of non-ortho nitro benzene ring substituents is 1. The lowest BCUT2D eigenvalue weighted by molar-refractivity contribution is -0.384. The van der Waals surface area contributed by atoms with E-state index in [9.17, 15) is 19.7 Å². The molecular formula is C17H12N4O4. The highest BCUT2D eigenvalue weighted by atomic mass is 16.6. The smallest absolute Gasteiger partial charge is 0.268 e. The number of carbonyl (C=O) groups excluding carboxylic acids is 1. The SMILES string of the molecule is O=C(/C=C/c1cccc([N+](=O)[O-])c1)Nn1cnc2ccccc2c1=O. The Labute approximate surface area is 141 Å². The Morgan fingerprint density at radius 2 is 2.00 bits per heavy atom. The Kier molecular flexibility index (Phi) is 4.34. The zero-order chi connectivity index (χ0) is 17.8. The van der Waals surface area contributed by atoms with Gasteiger partial charge in [0.1, 0.15) is 6.33 Å². The Balaban J connectivity index is 1.79. The summed E-state index contributed by atoms with van der Waals surface area (Å²) < 4.78 is 0.989. The summed E-state index contributed by atoms with van der Waals surface area (Å²) in [4.78, 5) is 38.6. The molecular weight excluding hydrogens is 324 g/mol. The van der Waals surface area contributed by atoms with E-state index >= 15 is 0 Å². The number of nitro benzene ring substituents is 1.